The van der Waals surface area contributed by atoms with Crippen molar-refractivity contribution in [2.24, 2.45) is 0 Å². The van der Waals surface area contributed by atoms with Crippen LogP contribution in [0.15, 0.2) is 24.5 Å². The predicted molar refractivity (Wildman–Crippen MR) is 113 cm³/mol. The zero-order valence-corrected chi connectivity index (χ0v) is 17.5. The highest BCUT2D eigenvalue weighted by Gasteiger charge is 2.19. The second kappa shape index (κ2) is 11.6. The maximum Gasteiger partial charge on any atom is 0.352 e. The maximum absolute atomic E-state index is 11.2. The summed E-state index contributed by atoms with van der Waals surface area (Å²) < 4.78 is 2.80. The Hall–Kier alpha value is -3.70. The standard InChI is InChI=1S/C20H26N4O8/c25-19(26)17-11-15(23(29)30)13-21(17)9-7-5-3-1-2-4-6-8-10-22-14-16(24(31)32)12-18(22)20(27)28/h11-14H,1-10H2,(H,25,26)(H,27,28). The highest BCUT2D eigenvalue weighted by molar-refractivity contribution is 5.87. The lowest BCUT2D eigenvalue weighted by molar-refractivity contribution is -0.385. The molecular formula is C20H26N4O8. The van der Waals surface area contributed by atoms with Crippen LogP contribution in [0.1, 0.15) is 72.3 Å². The van der Waals surface area contributed by atoms with Gasteiger partial charge >= 0.3 is 11.9 Å². The van der Waals surface area contributed by atoms with Crippen molar-refractivity contribution in [3.05, 3.63) is 56.1 Å². The largest absolute Gasteiger partial charge is 0.477 e. The number of aromatic nitrogens is 2. The number of carbonyl (C=O) groups is 2. The molecule has 0 radical (unpaired) electrons. The van der Waals surface area contributed by atoms with E-state index in [-0.39, 0.29) is 22.8 Å². The monoisotopic (exact) mass is 450 g/mol. The number of aryl methyl sites for hydroxylation is 2. The van der Waals surface area contributed by atoms with Crippen LogP contribution in [0.2, 0.25) is 0 Å². The number of unbranched alkanes of at least 4 members (excludes halogenated alkanes) is 7. The molecule has 0 aromatic carbocycles. The first kappa shape index (κ1) is 24.6. The van der Waals surface area contributed by atoms with Crippen LogP contribution in [0.25, 0.3) is 0 Å². The molecule has 0 aliphatic carbocycles. The van der Waals surface area contributed by atoms with Gasteiger partial charge in [-0.15, -0.1) is 0 Å². The molecule has 0 unspecified atom stereocenters. The number of carboxylic acids is 2. The summed E-state index contributed by atoms with van der Waals surface area (Å²) in [7, 11) is 0. The van der Waals surface area contributed by atoms with Gasteiger partial charge in [-0.2, -0.15) is 0 Å². The van der Waals surface area contributed by atoms with Gasteiger partial charge in [-0.3, -0.25) is 20.2 Å². The van der Waals surface area contributed by atoms with E-state index in [0.29, 0.717) is 13.1 Å². The fourth-order valence-electron chi connectivity index (χ4n) is 3.54. The first-order valence-corrected chi connectivity index (χ1v) is 10.4. The average molecular weight is 450 g/mol. The molecule has 2 N–H and O–H groups in total. The summed E-state index contributed by atoms with van der Waals surface area (Å²) in [6, 6.07) is 2.13. The molecule has 0 bridgehead atoms. The zero-order valence-electron chi connectivity index (χ0n) is 17.5. The first-order valence-electron chi connectivity index (χ1n) is 10.4. The Kier molecular flexibility index (Phi) is 8.93. The van der Waals surface area contributed by atoms with Gasteiger partial charge in [-0.25, -0.2) is 9.59 Å². The van der Waals surface area contributed by atoms with Gasteiger partial charge < -0.3 is 19.3 Å². The number of aromatic carboxylic acids is 2. The Morgan fingerprint density at radius 3 is 1.28 bits per heavy atom. The second-order valence-electron chi connectivity index (χ2n) is 7.51. The lowest BCUT2D eigenvalue weighted by Gasteiger charge is -2.07. The molecule has 0 spiro atoms. The molecule has 2 aromatic rings. The summed E-state index contributed by atoms with van der Waals surface area (Å²) in [6.07, 6.45) is 9.58. The van der Waals surface area contributed by atoms with Gasteiger partial charge in [0.15, 0.2) is 0 Å². The van der Waals surface area contributed by atoms with E-state index in [9.17, 15) is 29.8 Å². The summed E-state index contributed by atoms with van der Waals surface area (Å²) in [5, 5.41) is 39.9. The highest BCUT2D eigenvalue weighted by Crippen LogP contribution is 2.19. The van der Waals surface area contributed by atoms with Crippen molar-refractivity contribution >= 4 is 23.3 Å². The minimum Gasteiger partial charge on any atom is -0.477 e. The second-order valence-corrected chi connectivity index (χ2v) is 7.51. The highest BCUT2D eigenvalue weighted by atomic mass is 16.6. The summed E-state index contributed by atoms with van der Waals surface area (Å²) in [6.45, 7) is 0.814. The molecule has 12 nitrogen and oxygen atoms in total. The Labute approximate surface area is 183 Å². The molecule has 0 aliphatic rings. The molecule has 2 rings (SSSR count). The number of carboxylic acid groups (broad SMARTS) is 2. The number of hydrogen-bond acceptors (Lipinski definition) is 6. The zero-order chi connectivity index (χ0) is 23.7. The van der Waals surface area contributed by atoms with E-state index in [1.807, 2.05) is 0 Å². The van der Waals surface area contributed by atoms with E-state index >= 15 is 0 Å². The third kappa shape index (κ3) is 6.93. The van der Waals surface area contributed by atoms with Gasteiger partial charge in [0.05, 0.1) is 22.2 Å². The molecule has 2 aromatic heterocycles. The summed E-state index contributed by atoms with van der Waals surface area (Å²) in [5.74, 6) is -2.38. The van der Waals surface area contributed by atoms with Gasteiger partial charge in [0.1, 0.15) is 11.4 Å². The van der Waals surface area contributed by atoms with Gasteiger partial charge in [0, 0.05) is 25.2 Å². The van der Waals surface area contributed by atoms with Crippen molar-refractivity contribution in [3.8, 4) is 0 Å². The Morgan fingerprint density at radius 1 is 0.688 bits per heavy atom. The van der Waals surface area contributed by atoms with Crippen molar-refractivity contribution in [1.82, 2.24) is 9.13 Å². The molecule has 12 heteroatoms. The summed E-state index contributed by atoms with van der Waals surface area (Å²) in [5.41, 5.74) is -0.633. The molecule has 0 aliphatic heterocycles. The predicted octanol–water partition coefficient (Wildman–Crippen LogP) is 4.32. The van der Waals surface area contributed by atoms with E-state index in [1.54, 1.807) is 0 Å². The molecule has 0 atom stereocenters. The van der Waals surface area contributed by atoms with E-state index in [1.165, 1.54) is 21.5 Å². The van der Waals surface area contributed by atoms with Crippen molar-refractivity contribution in [3.63, 3.8) is 0 Å². The van der Waals surface area contributed by atoms with E-state index in [0.717, 1.165) is 63.5 Å². The molecule has 32 heavy (non-hydrogen) atoms. The van der Waals surface area contributed by atoms with Crippen LogP contribution in [0.3, 0.4) is 0 Å². The van der Waals surface area contributed by atoms with E-state index in [2.05, 4.69) is 0 Å². The first-order chi connectivity index (χ1) is 15.2. The molecule has 174 valence electrons. The lowest BCUT2D eigenvalue weighted by Crippen LogP contribution is -2.07. The van der Waals surface area contributed by atoms with Crippen LogP contribution in [0.5, 0.6) is 0 Å². The Balaban J connectivity index is 1.61. The molecular weight excluding hydrogens is 424 g/mol. The van der Waals surface area contributed by atoms with Crippen LogP contribution in [0, 0.1) is 20.2 Å². The maximum atomic E-state index is 11.2. The fraction of sp³-hybridized carbons (Fsp3) is 0.500. The molecule has 2 heterocycles. The van der Waals surface area contributed by atoms with Crippen molar-refractivity contribution in [2.45, 2.75) is 64.5 Å². The van der Waals surface area contributed by atoms with Crippen molar-refractivity contribution < 1.29 is 29.6 Å². The van der Waals surface area contributed by atoms with Crippen molar-refractivity contribution in [2.75, 3.05) is 0 Å². The quantitative estimate of drug-likeness (QED) is 0.229. The van der Waals surface area contributed by atoms with E-state index < -0.39 is 21.8 Å². The third-order valence-corrected chi connectivity index (χ3v) is 5.17. The minimum absolute atomic E-state index is 0.0872. The molecule has 0 fully saturated rings. The number of hydrogen-bond donors (Lipinski definition) is 2. The van der Waals surface area contributed by atoms with Crippen LogP contribution in [-0.4, -0.2) is 41.1 Å². The minimum atomic E-state index is -1.19. The van der Waals surface area contributed by atoms with Crippen LogP contribution in [-0.2, 0) is 13.1 Å². The lowest BCUT2D eigenvalue weighted by atomic mass is 10.1. The van der Waals surface area contributed by atoms with Crippen LogP contribution >= 0.6 is 0 Å². The van der Waals surface area contributed by atoms with Gasteiger partial charge in [-0.05, 0) is 12.8 Å². The Morgan fingerprint density at radius 2 is 1.00 bits per heavy atom. The SMILES string of the molecule is O=C(O)c1cc([N+](=O)[O-])cn1CCCCCCCCCCn1cc([N+](=O)[O-])cc1C(=O)O. The summed E-state index contributed by atoms with van der Waals surface area (Å²) in [4.78, 5) is 42.8. The average Bonchev–Trinajstić information content (AvgIpc) is 3.34. The topological polar surface area (TPSA) is 171 Å². The number of nitrogens with zero attached hydrogens (tertiary/aromatic N) is 4. The third-order valence-electron chi connectivity index (χ3n) is 5.17. The van der Waals surface area contributed by atoms with Gasteiger partial charge in [0.25, 0.3) is 11.4 Å². The molecule has 0 saturated heterocycles. The molecule has 0 amide bonds. The summed E-state index contributed by atoms with van der Waals surface area (Å²) >= 11 is 0. The van der Waals surface area contributed by atoms with Gasteiger partial charge in [0.2, 0.25) is 0 Å². The number of nitro groups is 2. The Bertz CT molecular complexity index is 900. The van der Waals surface area contributed by atoms with Crippen LogP contribution in [0.4, 0.5) is 11.4 Å². The smallest absolute Gasteiger partial charge is 0.352 e. The van der Waals surface area contributed by atoms with Crippen LogP contribution < -0.4 is 0 Å². The normalized spacial score (nSPS) is 10.9. The van der Waals surface area contributed by atoms with E-state index in [4.69, 9.17) is 10.2 Å². The van der Waals surface area contributed by atoms with Gasteiger partial charge in [-0.1, -0.05) is 38.5 Å². The fourth-order valence-corrected chi connectivity index (χ4v) is 3.54. The number of rotatable bonds is 15. The van der Waals surface area contributed by atoms with Crippen molar-refractivity contribution in [1.29, 1.82) is 0 Å². The molecule has 0 saturated carbocycles.